The first-order chi connectivity index (χ1) is 15.7. The van der Waals surface area contributed by atoms with E-state index >= 15 is 0 Å². The number of hydrogen-bond donors (Lipinski definition) is 1. The standard InChI is InChI=1S/C26H26N2O3S/c29-26(31-16-14-20-9-4-1-2-5-10-20)28-23-17-21-11-8-15-27-25(21)22(18-23)19-32(30)24-12-6-3-7-13-24/h1-4,6-13,15,22-23H,14,16-19H2,(H,28,29)/t22-,23+,32?/m1/s1. The van der Waals surface area contributed by atoms with Gasteiger partial charge in [-0.1, -0.05) is 42.5 Å². The summed E-state index contributed by atoms with van der Waals surface area (Å²) in [5.74, 6) is 0.481. The molecule has 1 unspecified atom stereocenters. The number of rotatable bonds is 7. The summed E-state index contributed by atoms with van der Waals surface area (Å²) in [6, 6.07) is 13.3. The minimum atomic E-state index is -1.13. The van der Waals surface area contributed by atoms with Crippen LogP contribution >= 0.6 is 0 Å². The van der Waals surface area contributed by atoms with Crippen LogP contribution in [0.3, 0.4) is 0 Å². The van der Waals surface area contributed by atoms with Crippen LogP contribution in [0, 0.1) is 0 Å². The first-order valence-corrected chi connectivity index (χ1v) is 12.1. The summed E-state index contributed by atoms with van der Waals surface area (Å²) in [4.78, 5) is 17.8. The maximum absolute atomic E-state index is 12.9. The molecular formula is C26H26N2O3S. The second-order valence-corrected chi connectivity index (χ2v) is 9.34. The van der Waals surface area contributed by atoms with Gasteiger partial charge in [-0.2, -0.15) is 0 Å². The number of fused-ring (bicyclic) bond motifs is 1. The van der Waals surface area contributed by atoms with Crippen LogP contribution < -0.4 is 5.32 Å². The Morgan fingerprint density at radius 3 is 2.94 bits per heavy atom. The van der Waals surface area contributed by atoms with Gasteiger partial charge in [-0.15, -0.1) is 5.73 Å². The molecule has 1 amide bonds. The van der Waals surface area contributed by atoms with E-state index in [9.17, 15) is 9.00 Å². The lowest BCUT2D eigenvalue weighted by Gasteiger charge is -2.30. The zero-order valence-electron chi connectivity index (χ0n) is 17.8. The van der Waals surface area contributed by atoms with E-state index in [0.29, 0.717) is 31.6 Å². The Morgan fingerprint density at radius 2 is 2.06 bits per heavy atom. The maximum Gasteiger partial charge on any atom is 0.407 e. The molecule has 164 valence electrons. The first-order valence-electron chi connectivity index (χ1n) is 10.8. The molecule has 6 heteroatoms. The van der Waals surface area contributed by atoms with E-state index in [2.05, 4.69) is 16.0 Å². The Balaban J connectivity index is 1.35. The largest absolute Gasteiger partial charge is 0.449 e. The Kier molecular flexibility index (Phi) is 7.49. The summed E-state index contributed by atoms with van der Waals surface area (Å²) in [7, 11) is -1.13. The topological polar surface area (TPSA) is 68.3 Å². The molecule has 3 atom stereocenters. The van der Waals surface area contributed by atoms with Crippen LogP contribution in [0.15, 0.2) is 95.2 Å². The van der Waals surface area contributed by atoms with Gasteiger partial charge in [-0.25, -0.2) is 4.79 Å². The van der Waals surface area contributed by atoms with Crippen LogP contribution in [0.5, 0.6) is 0 Å². The molecule has 0 saturated carbocycles. The minimum absolute atomic E-state index is 0.00569. The quantitative estimate of drug-likeness (QED) is 0.631. The van der Waals surface area contributed by atoms with Gasteiger partial charge in [0.1, 0.15) is 0 Å². The fourth-order valence-electron chi connectivity index (χ4n) is 4.02. The summed E-state index contributed by atoms with van der Waals surface area (Å²) < 4.78 is 18.3. The van der Waals surface area contributed by atoms with Crippen molar-refractivity contribution in [2.45, 2.75) is 36.1 Å². The van der Waals surface area contributed by atoms with E-state index in [-0.39, 0.29) is 12.0 Å². The van der Waals surface area contributed by atoms with Crippen molar-refractivity contribution >= 4 is 16.9 Å². The summed E-state index contributed by atoms with van der Waals surface area (Å²) >= 11 is 0. The number of ether oxygens (including phenoxy) is 1. The molecule has 4 rings (SSSR count). The van der Waals surface area contributed by atoms with E-state index in [1.807, 2.05) is 72.8 Å². The summed E-state index contributed by atoms with van der Waals surface area (Å²) in [6.07, 6.45) is 12.9. The number of hydrogen-bond acceptors (Lipinski definition) is 4. The molecule has 2 aliphatic rings. The lowest BCUT2D eigenvalue weighted by molar-refractivity contribution is 0.142. The van der Waals surface area contributed by atoms with E-state index in [1.54, 1.807) is 6.20 Å². The summed E-state index contributed by atoms with van der Waals surface area (Å²) in [5, 5.41) is 3.00. The van der Waals surface area contributed by atoms with Crippen LogP contribution in [-0.4, -0.2) is 33.7 Å². The molecule has 0 radical (unpaired) electrons. The fraction of sp³-hybridized carbons (Fsp3) is 0.269. The predicted molar refractivity (Wildman–Crippen MR) is 126 cm³/mol. The number of carbonyl (C=O) groups is 1. The van der Waals surface area contributed by atoms with Crippen molar-refractivity contribution in [2.24, 2.45) is 0 Å². The van der Waals surface area contributed by atoms with Gasteiger partial charge in [-0.3, -0.25) is 9.19 Å². The summed E-state index contributed by atoms with van der Waals surface area (Å²) in [6.45, 7) is 0.302. The predicted octanol–water partition coefficient (Wildman–Crippen LogP) is 4.61. The van der Waals surface area contributed by atoms with E-state index < -0.39 is 16.9 Å². The number of nitrogens with zero attached hydrogens (tertiary/aromatic N) is 1. The number of benzene rings is 1. The average Bonchev–Trinajstić information content (AvgIpc) is 3.08. The molecule has 0 fully saturated rings. The lowest BCUT2D eigenvalue weighted by Crippen LogP contribution is -2.41. The number of pyridine rings is 1. The maximum atomic E-state index is 12.9. The Bertz CT molecular complexity index is 1100. The Morgan fingerprint density at radius 1 is 1.19 bits per heavy atom. The molecule has 5 nitrogen and oxygen atoms in total. The second-order valence-electron chi connectivity index (χ2n) is 7.84. The molecule has 0 bridgehead atoms. The molecular weight excluding hydrogens is 420 g/mol. The molecule has 1 heterocycles. The third kappa shape index (κ3) is 5.94. The third-order valence-electron chi connectivity index (χ3n) is 5.54. The molecule has 1 aromatic heterocycles. The van der Waals surface area contributed by atoms with Gasteiger partial charge >= 0.3 is 6.09 Å². The highest BCUT2D eigenvalue weighted by atomic mass is 32.2. The van der Waals surface area contributed by atoms with Gasteiger partial charge < -0.3 is 10.1 Å². The van der Waals surface area contributed by atoms with Gasteiger partial charge in [0, 0.05) is 40.9 Å². The first kappa shape index (κ1) is 22.0. The van der Waals surface area contributed by atoms with Crippen molar-refractivity contribution in [1.29, 1.82) is 0 Å². The zero-order valence-corrected chi connectivity index (χ0v) is 18.6. The second kappa shape index (κ2) is 10.9. The van der Waals surface area contributed by atoms with Gasteiger partial charge in [-0.05, 0) is 54.3 Å². The fourth-order valence-corrected chi connectivity index (χ4v) is 5.33. The van der Waals surface area contributed by atoms with Crippen molar-refractivity contribution < 1.29 is 13.7 Å². The van der Waals surface area contributed by atoms with Crippen LogP contribution in [0.2, 0.25) is 0 Å². The average molecular weight is 447 g/mol. The monoisotopic (exact) mass is 446 g/mol. The van der Waals surface area contributed by atoms with Crippen molar-refractivity contribution in [3.63, 3.8) is 0 Å². The van der Waals surface area contributed by atoms with Crippen molar-refractivity contribution in [3.8, 4) is 0 Å². The Hall–Kier alpha value is -3.21. The minimum Gasteiger partial charge on any atom is -0.449 e. The Labute approximate surface area is 191 Å². The molecule has 0 spiro atoms. The molecule has 1 N–H and O–H groups in total. The zero-order chi connectivity index (χ0) is 22.2. The number of allylic oxidation sites excluding steroid dienone is 4. The van der Waals surface area contributed by atoms with Gasteiger partial charge in [0.2, 0.25) is 0 Å². The van der Waals surface area contributed by atoms with Crippen LogP contribution in [0.4, 0.5) is 4.79 Å². The smallest absolute Gasteiger partial charge is 0.407 e. The summed E-state index contributed by atoms with van der Waals surface area (Å²) in [5.41, 5.74) is 6.18. The van der Waals surface area contributed by atoms with Gasteiger partial charge in [0.25, 0.3) is 0 Å². The molecule has 32 heavy (non-hydrogen) atoms. The number of aromatic nitrogens is 1. The number of carbonyl (C=O) groups excluding carboxylic acids is 1. The lowest BCUT2D eigenvalue weighted by atomic mass is 9.84. The molecule has 1 aromatic carbocycles. The molecule has 0 saturated heterocycles. The number of nitrogens with one attached hydrogen (secondary N) is 1. The van der Waals surface area contributed by atoms with Crippen LogP contribution in [0.1, 0.15) is 30.0 Å². The van der Waals surface area contributed by atoms with Crippen molar-refractivity contribution in [3.05, 3.63) is 102 Å². The van der Waals surface area contributed by atoms with Crippen LogP contribution in [-0.2, 0) is 22.0 Å². The number of amides is 1. The molecule has 0 aliphatic heterocycles. The van der Waals surface area contributed by atoms with E-state index in [4.69, 9.17) is 4.74 Å². The number of alkyl carbamates (subject to hydrolysis) is 1. The SMILES string of the molecule is O=C(N[C@H]1Cc2cccnc2[C@@H](CS(=O)c2ccccc2)C1)OCCC1=CC=CC=C=C1. The highest BCUT2D eigenvalue weighted by Gasteiger charge is 2.30. The normalized spacial score (nSPS) is 20.1. The van der Waals surface area contributed by atoms with Gasteiger partial charge in [0.15, 0.2) is 0 Å². The highest BCUT2D eigenvalue weighted by molar-refractivity contribution is 7.85. The third-order valence-corrected chi connectivity index (χ3v) is 7.04. The van der Waals surface area contributed by atoms with E-state index in [0.717, 1.165) is 21.7 Å². The highest BCUT2D eigenvalue weighted by Crippen LogP contribution is 2.31. The van der Waals surface area contributed by atoms with E-state index in [1.165, 1.54) is 0 Å². The molecule has 2 aliphatic carbocycles. The van der Waals surface area contributed by atoms with Crippen LogP contribution in [0.25, 0.3) is 0 Å². The van der Waals surface area contributed by atoms with Crippen molar-refractivity contribution in [1.82, 2.24) is 10.3 Å². The molecule has 2 aromatic rings. The van der Waals surface area contributed by atoms with Gasteiger partial charge in [0.05, 0.1) is 17.4 Å². The van der Waals surface area contributed by atoms with Crippen molar-refractivity contribution in [2.75, 3.05) is 12.4 Å².